The number of nitrogens with one attached hydrogen (secondary N) is 2. The lowest BCUT2D eigenvalue weighted by molar-refractivity contribution is 0.0953. The first-order valence-electron chi connectivity index (χ1n) is 5.49. The minimum Gasteiger partial charge on any atom is -0.398 e. The summed E-state index contributed by atoms with van der Waals surface area (Å²) in [5.74, 6) is -0.291. The number of carbonyl (C=O) groups is 1. The summed E-state index contributed by atoms with van der Waals surface area (Å²) in [6.07, 6.45) is 1.06. The number of benzene rings is 1. The molecule has 0 atom stereocenters. The first-order chi connectivity index (χ1) is 8.70. The van der Waals surface area contributed by atoms with Crippen molar-refractivity contribution in [2.24, 2.45) is 0 Å². The molecule has 0 radical (unpaired) electrons. The van der Waals surface area contributed by atoms with Crippen LogP contribution in [-0.2, 0) is 10.0 Å². The van der Waals surface area contributed by atoms with Gasteiger partial charge in [-0.25, -0.2) is 13.1 Å². The van der Waals surface area contributed by atoms with Crippen LogP contribution in [-0.4, -0.2) is 33.7 Å². The zero-order chi connectivity index (χ0) is 14.6. The van der Waals surface area contributed by atoms with Crippen molar-refractivity contribution in [3.63, 3.8) is 0 Å². The molecule has 4 N–H and O–H groups in total. The minimum atomic E-state index is -3.24. The normalized spacial score (nSPS) is 11.3. The second-order valence-corrected chi connectivity index (χ2v) is 6.84. The van der Waals surface area contributed by atoms with Crippen molar-refractivity contribution in [1.29, 1.82) is 0 Å². The Balaban J connectivity index is 2.64. The van der Waals surface area contributed by atoms with Gasteiger partial charge >= 0.3 is 0 Å². The van der Waals surface area contributed by atoms with Crippen LogP contribution >= 0.6 is 15.9 Å². The molecule has 0 saturated carbocycles. The van der Waals surface area contributed by atoms with Crippen molar-refractivity contribution >= 4 is 37.5 Å². The average Bonchev–Trinajstić information content (AvgIpc) is 2.27. The first-order valence-corrected chi connectivity index (χ1v) is 8.17. The molecule has 6 nitrogen and oxygen atoms in total. The highest BCUT2D eigenvalue weighted by atomic mass is 79.9. The third-order valence-electron chi connectivity index (χ3n) is 2.43. The molecule has 1 amide bonds. The molecule has 0 aliphatic rings. The first kappa shape index (κ1) is 15.9. The Kier molecular flexibility index (Phi) is 5.33. The molecule has 1 aromatic rings. The molecule has 106 valence electrons. The lowest BCUT2D eigenvalue weighted by Crippen LogP contribution is -2.34. The van der Waals surface area contributed by atoms with Gasteiger partial charge in [-0.15, -0.1) is 0 Å². The summed E-state index contributed by atoms with van der Waals surface area (Å²) in [5.41, 5.74) is 7.45. The predicted molar refractivity (Wildman–Crippen MR) is 78.5 cm³/mol. The van der Waals surface area contributed by atoms with Crippen LogP contribution in [0.1, 0.15) is 15.9 Å². The van der Waals surface area contributed by atoms with Gasteiger partial charge in [-0.1, -0.05) is 15.9 Å². The highest BCUT2D eigenvalue weighted by Crippen LogP contribution is 2.22. The van der Waals surface area contributed by atoms with Crippen molar-refractivity contribution in [2.45, 2.75) is 6.92 Å². The van der Waals surface area contributed by atoms with E-state index in [1.165, 1.54) is 0 Å². The molecule has 1 rings (SSSR count). The molecule has 0 aliphatic carbocycles. The number of nitrogen functional groups attached to an aromatic ring is 1. The zero-order valence-corrected chi connectivity index (χ0v) is 13.1. The van der Waals surface area contributed by atoms with E-state index in [0.29, 0.717) is 16.8 Å². The van der Waals surface area contributed by atoms with Gasteiger partial charge in [0, 0.05) is 28.8 Å². The van der Waals surface area contributed by atoms with Crippen LogP contribution in [0.5, 0.6) is 0 Å². The van der Waals surface area contributed by atoms with E-state index >= 15 is 0 Å². The summed E-state index contributed by atoms with van der Waals surface area (Å²) >= 11 is 3.27. The van der Waals surface area contributed by atoms with Gasteiger partial charge in [0.05, 0.1) is 6.26 Å². The highest BCUT2D eigenvalue weighted by Gasteiger charge is 2.12. The third-order valence-corrected chi connectivity index (χ3v) is 3.62. The Labute approximate surface area is 120 Å². The number of rotatable bonds is 5. The molecule has 0 unspecified atom stereocenters. The van der Waals surface area contributed by atoms with Gasteiger partial charge in [0.1, 0.15) is 0 Å². The lowest BCUT2D eigenvalue weighted by atomic mass is 10.1. The topological polar surface area (TPSA) is 101 Å². The predicted octanol–water partition coefficient (Wildman–Crippen LogP) is 0.619. The van der Waals surface area contributed by atoms with Crippen molar-refractivity contribution in [3.8, 4) is 0 Å². The molecule has 0 saturated heterocycles. The van der Waals surface area contributed by atoms with Crippen LogP contribution < -0.4 is 15.8 Å². The van der Waals surface area contributed by atoms with Gasteiger partial charge in [-0.05, 0) is 24.6 Å². The largest absolute Gasteiger partial charge is 0.398 e. The summed E-state index contributed by atoms with van der Waals surface area (Å²) in [6.45, 7) is 2.11. The zero-order valence-electron chi connectivity index (χ0n) is 10.7. The lowest BCUT2D eigenvalue weighted by Gasteiger charge is -2.10. The molecule has 0 bridgehead atoms. The van der Waals surface area contributed by atoms with Gasteiger partial charge in [0.2, 0.25) is 10.0 Å². The third kappa shape index (κ3) is 5.17. The second kappa shape index (κ2) is 6.36. The summed E-state index contributed by atoms with van der Waals surface area (Å²) in [6, 6.07) is 3.39. The molecular formula is C11H16BrN3O3S. The van der Waals surface area contributed by atoms with Crippen LogP contribution in [0.2, 0.25) is 0 Å². The fraction of sp³-hybridized carbons (Fsp3) is 0.364. The van der Waals surface area contributed by atoms with Crippen LogP contribution in [0.4, 0.5) is 5.69 Å². The molecule has 1 aromatic carbocycles. The molecule has 0 aromatic heterocycles. The maximum atomic E-state index is 11.9. The molecule has 0 fully saturated rings. The molecule has 8 heteroatoms. The Hall–Kier alpha value is -1.12. The van der Waals surface area contributed by atoms with E-state index in [-0.39, 0.29) is 19.0 Å². The molecule has 0 heterocycles. The monoisotopic (exact) mass is 349 g/mol. The number of nitrogens with two attached hydrogens (primary N) is 1. The molecule has 0 spiro atoms. The average molecular weight is 350 g/mol. The number of hydrogen-bond acceptors (Lipinski definition) is 4. The number of amides is 1. The quantitative estimate of drug-likeness (QED) is 0.535. The summed E-state index contributed by atoms with van der Waals surface area (Å²) in [4.78, 5) is 11.9. The number of hydrogen-bond donors (Lipinski definition) is 3. The number of sulfonamides is 1. The van der Waals surface area contributed by atoms with Gasteiger partial charge in [0.15, 0.2) is 0 Å². The van der Waals surface area contributed by atoms with E-state index in [4.69, 9.17) is 5.73 Å². The van der Waals surface area contributed by atoms with Crippen LogP contribution in [0.25, 0.3) is 0 Å². The minimum absolute atomic E-state index is 0.146. The smallest absolute Gasteiger partial charge is 0.251 e. The van der Waals surface area contributed by atoms with E-state index in [1.807, 2.05) is 0 Å². The van der Waals surface area contributed by atoms with Crippen LogP contribution in [0.15, 0.2) is 16.6 Å². The number of anilines is 1. The second-order valence-electron chi connectivity index (χ2n) is 4.09. The molecule has 0 aliphatic heterocycles. The van der Waals surface area contributed by atoms with Gasteiger partial charge in [-0.2, -0.15) is 0 Å². The van der Waals surface area contributed by atoms with Gasteiger partial charge < -0.3 is 11.1 Å². The summed E-state index contributed by atoms with van der Waals surface area (Å²) < 4.78 is 24.7. The SMILES string of the molecule is Cc1c(N)cc(Br)cc1C(=O)NCCNS(C)(=O)=O. The summed E-state index contributed by atoms with van der Waals surface area (Å²) in [5, 5.41) is 2.62. The van der Waals surface area contributed by atoms with Crippen molar-refractivity contribution in [1.82, 2.24) is 10.0 Å². The van der Waals surface area contributed by atoms with E-state index in [0.717, 1.165) is 10.7 Å². The van der Waals surface area contributed by atoms with Gasteiger partial charge in [0.25, 0.3) is 5.91 Å². The van der Waals surface area contributed by atoms with E-state index in [2.05, 4.69) is 26.0 Å². The van der Waals surface area contributed by atoms with E-state index in [1.54, 1.807) is 19.1 Å². The molecule has 19 heavy (non-hydrogen) atoms. The Morgan fingerprint density at radius 3 is 2.58 bits per heavy atom. The van der Waals surface area contributed by atoms with E-state index in [9.17, 15) is 13.2 Å². The van der Waals surface area contributed by atoms with Gasteiger partial charge in [-0.3, -0.25) is 4.79 Å². The number of halogens is 1. The molecular weight excluding hydrogens is 334 g/mol. The summed E-state index contributed by atoms with van der Waals surface area (Å²) in [7, 11) is -3.24. The highest BCUT2D eigenvalue weighted by molar-refractivity contribution is 9.10. The fourth-order valence-corrected chi connectivity index (χ4v) is 2.39. The number of carbonyl (C=O) groups excluding carboxylic acids is 1. The maximum Gasteiger partial charge on any atom is 0.251 e. The maximum absolute atomic E-state index is 11.9. The standard InChI is InChI=1S/C11H16BrN3O3S/c1-7-9(5-8(12)6-10(7)13)11(16)14-3-4-15-19(2,17)18/h5-6,15H,3-4,13H2,1-2H3,(H,14,16). The van der Waals surface area contributed by atoms with Crippen molar-refractivity contribution in [2.75, 3.05) is 25.1 Å². The van der Waals surface area contributed by atoms with Crippen molar-refractivity contribution in [3.05, 3.63) is 27.7 Å². The van der Waals surface area contributed by atoms with Crippen molar-refractivity contribution < 1.29 is 13.2 Å². The van der Waals surface area contributed by atoms with Crippen LogP contribution in [0, 0.1) is 6.92 Å². The van der Waals surface area contributed by atoms with E-state index < -0.39 is 10.0 Å². The van der Waals surface area contributed by atoms with Crippen LogP contribution in [0.3, 0.4) is 0 Å². The Bertz CT molecular complexity index is 587. The Morgan fingerprint density at radius 1 is 1.37 bits per heavy atom. The fourth-order valence-electron chi connectivity index (χ4n) is 1.44. The Morgan fingerprint density at radius 2 is 2.00 bits per heavy atom.